The molecule has 8 nitrogen and oxygen atoms in total. The molecular formula is C21H24N4O4S2. The second kappa shape index (κ2) is 9.97. The number of nitrogens with zero attached hydrogens (tertiary/aromatic N) is 3. The van der Waals surface area contributed by atoms with Crippen LogP contribution in [0.15, 0.2) is 29.4 Å². The van der Waals surface area contributed by atoms with E-state index in [0.717, 1.165) is 28.4 Å². The van der Waals surface area contributed by atoms with Crippen LogP contribution in [0.5, 0.6) is 0 Å². The van der Waals surface area contributed by atoms with E-state index < -0.39 is 11.9 Å². The lowest BCUT2D eigenvalue weighted by Crippen LogP contribution is -2.11. The van der Waals surface area contributed by atoms with E-state index in [-0.39, 0.29) is 29.5 Å². The minimum atomic E-state index is -0.557. The lowest BCUT2D eigenvalue weighted by molar-refractivity contribution is 0.0527. The maximum absolute atomic E-state index is 12.5. The summed E-state index contributed by atoms with van der Waals surface area (Å²) < 4.78 is 12.3. The highest BCUT2D eigenvalue weighted by atomic mass is 32.2. The molecule has 10 heteroatoms. The summed E-state index contributed by atoms with van der Waals surface area (Å²) in [6.07, 6.45) is 0. The Balaban J connectivity index is 1.99. The summed E-state index contributed by atoms with van der Waals surface area (Å²) in [7, 11) is 0. The van der Waals surface area contributed by atoms with E-state index in [0.29, 0.717) is 15.6 Å². The predicted molar refractivity (Wildman–Crippen MR) is 121 cm³/mol. The first-order chi connectivity index (χ1) is 14.9. The molecule has 0 aliphatic rings. The van der Waals surface area contributed by atoms with Gasteiger partial charge in [0.05, 0.1) is 24.5 Å². The van der Waals surface area contributed by atoms with Gasteiger partial charge in [-0.25, -0.2) is 9.59 Å². The molecule has 3 rings (SSSR count). The van der Waals surface area contributed by atoms with E-state index in [1.807, 2.05) is 42.7 Å². The zero-order valence-corrected chi connectivity index (χ0v) is 19.4. The quantitative estimate of drug-likeness (QED) is 0.394. The Morgan fingerprint density at radius 3 is 2.45 bits per heavy atom. The van der Waals surface area contributed by atoms with Crippen molar-refractivity contribution in [2.24, 2.45) is 0 Å². The Morgan fingerprint density at radius 1 is 1.10 bits per heavy atom. The number of para-hydroxylation sites is 1. The summed E-state index contributed by atoms with van der Waals surface area (Å²) in [4.78, 5) is 25.3. The Hall–Kier alpha value is -2.85. The predicted octanol–water partition coefficient (Wildman–Crippen LogP) is 4.17. The second-order valence-electron chi connectivity index (χ2n) is 6.53. The Labute approximate surface area is 188 Å². The number of hydrogen-bond acceptors (Lipinski definition) is 9. The molecule has 0 saturated carbocycles. The van der Waals surface area contributed by atoms with Crippen molar-refractivity contribution in [2.45, 2.75) is 38.6 Å². The maximum atomic E-state index is 12.5. The van der Waals surface area contributed by atoms with Crippen molar-refractivity contribution in [3.05, 3.63) is 51.7 Å². The molecule has 2 heterocycles. The number of nitrogens with two attached hydrogens (primary N) is 1. The summed E-state index contributed by atoms with van der Waals surface area (Å²) in [5.74, 6) is -0.0567. The topological polar surface area (TPSA) is 109 Å². The van der Waals surface area contributed by atoms with Gasteiger partial charge in [0.1, 0.15) is 15.7 Å². The van der Waals surface area contributed by atoms with E-state index in [2.05, 4.69) is 10.2 Å². The SMILES string of the molecule is CCOC(=O)c1sc(N)c(C(=O)OCC)c1CSc1nnc(C)n1-c1ccccc1C. The van der Waals surface area contributed by atoms with Gasteiger partial charge in [0, 0.05) is 11.3 Å². The average molecular weight is 461 g/mol. The number of thioether (sulfide) groups is 1. The summed E-state index contributed by atoms with van der Waals surface area (Å²) in [5.41, 5.74) is 8.83. The highest BCUT2D eigenvalue weighted by Crippen LogP contribution is 2.37. The molecule has 2 N–H and O–H groups in total. The fourth-order valence-electron chi connectivity index (χ4n) is 3.08. The zero-order valence-electron chi connectivity index (χ0n) is 17.8. The van der Waals surface area contributed by atoms with Crippen molar-refractivity contribution in [2.75, 3.05) is 18.9 Å². The van der Waals surface area contributed by atoms with Crippen LogP contribution in [0.4, 0.5) is 5.00 Å². The van der Waals surface area contributed by atoms with Gasteiger partial charge in [-0.2, -0.15) is 0 Å². The van der Waals surface area contributed by atoms with Crippen molar-refractivity contribution in [1.82, 2.24) is 14.8 Å². The number of thiophene rings is 1. The molecule has 0 amide bonds. The number of rotatable bonds is 8. The van der Waals surface area contributed by atoms with Crippen LogP contribution in [0.1, 0.15) is 50.8 Å². The van der Waals surface area contributed by atoms with Crippen LogP contribution in [0.25, 0.3) is 5.69 Å². The number of hydrogen-bond donors (Lipinski definition) is 1. The molecule has 0 spiro atoms. The molecule has 31 heavy (non-hydrogen) atoms. The molecule has 2 aromatic heterocycles. The summed E-state index contributed by atoms with van der Waals surface area (Å²) in [6, 6.07) is 7.93. The van der Waals surface area contributed by atoms with Gasteiger partial charge in [-0.05, 0) is 39.3 Å². The molecule has 164 valence electrons. The number of benzene rings is 1. The fourth-order valence-corrected chi connectivity index (χ4v) is 5.16. The van der Waals surface area contributed by atoms with E-state index >= 15 is 0 Å². The van der Waals surface area contributed by atoms with E-state index in [1.54, 1.807) is 13.8 Å². The first-order valence-electron chi connectivity index (χ1n) is 9.75. The van der Waals surface area contributed by atoms with Crippen LogP contribution in [0, 0.1) is 13.8 Å². The van der Waals surface area contributed by atoms with Gasteiger partial charge in [-0.1, -0.05) is 30.0 Å². The Kier molecular flexibility index (Phi) is 7.34. The minimum absolute atomic E-state index is 0.205. The maximum Gasteiger partial charge on any atom is 0.348 e. The van der Waals surface area contributed by atoms with Crippen LogP contribution >= 0.6 is 23.1 Å². The minimum Gasteiger partial charge on any atom is -0.462 e. The smallest absolute Gasteiger partial charge is 0.348 e. The van der Waals surface area contributed by atoms with Crippen LogP contribution < -0.4 is 5.73 Å². The average Bonchev–Trinajstić information content (AvgIpc) is 3.26. The molecule has 0 saturated heterocycles. The van der Waals surface area contributed by atoms with Gasteiger partial charge in [-0.3, -0.25) is 4.57 Å². The van der Waals surface area contributed by atoms with Crippen LogP contribution in [-0.4, -0.2) is 39.9 Å². The number of nitrogen functional groups attached to an aromatic ring is 1. The van der Waals surface area contributed by atoms with Crippen molar-refractivity contribution in [3.8, 4) is 5.69 Å². The number of carbonyl (C=O) groups excluding carboxylic acids is 2. The van der Waals surface area contributed by atoms with Gasteiger partial charge in [0.2, 0.25) is 0 Å². The van der Waals surface area contributed by atoms with Crippen LogP contribution in [0.3, 0.4) is 0 Å². The fraction of sp³-hybridized carbons (Fsp3) is 0.333. The number of aromatic nitrogens is 3. The largest absolute Gasteiger partial charge is 0.462 e. The molecule has 3 aromatic rings. The molecule has 1 aromatic carbocycles. The molecule has 0 atom stereocenters. The van der Waals surface area contributed by atoms with E-state index in [1.165, 1.54) is 11.8 Å². The number of ether oxygens (including phenoxy) is 2. The van der Waals surface area contributed by atoms with Crippen molar-refractivity contribution >= 4 is 40.0 Å². The number of carbonyl (C=O) groups is 2. The summed E-state index contributed by atoms with van der Waals surface area (Å²) in [6.45, 7) is 7.76. The Morgan fingerprint density at radius 2 is 1.77 bits per heavy atom. The molecule has 0 radical (unpaired) electrons. The van der Waals surface area contributed by atoms with Gasteiger partial charge >= 0.3 is 11.9 Å². The van der Waals surface area contributed by atoms with Crippen molar-refractivity contribution < 1.29 is 19.1 Å². The highest BCUT2D eigenvalue weighted by molar-refractivity contribution is 7.98. The van der Waals surface area contributed by atoms with E-state index in [4.69, 9.17) is 15.2 Å². The van der Waals surface area contributed by atoms with Gasteiger partial charge in [0.25, 0.3) is 0 Å². The molecule has 0 bridgehead atoms. The van der Waals surface area contributed by atoms with Crippen LogP contribution in [-0.2, 0) is 15.2 Å². The van der Waals surface area contributed by atoms with Gasteiger partial charge < -0.3 is 15.2 Å². The number of aryl methyl sites for hydroxylation is 2. The molecule has 0 aliphatic carbocycles. The molecule has 0 fully saturated rings. The summed E-state index contributed by atoms with van der Waals surface area (Å²) in [5, 5.41) is 9.38. The third-order valence-electron chi connectivity index (χ3n) is 4.47. The van der Waals surface area contributed by atoms with Crippen molar-refractivity contribution in [1.29, 1.82) is 0 Å². The lowest BCUT2D eigenvalue weighted by Gasteiger charge is -2.12. The standard InChI is InChI=1S/C21H24N4O4S2/c1-5-28-19(26)16-14(17(31-18(16)22)20(27)29-6-2)11-30-21-24-23-13(4)25(21)15-10-8-7-9-12(15)3/h7-10H,5-6,11,22H2,1-4H3. The molecule has 0 unspecified atom stereocenters. The number of esters is 2. The highest BCUT2D eigenvalue weighted by Gasteiger charge is 2.28. The first-order valence-corrected chi connectivity index (χ1v) is 11.5. The zero-order chi connectivity index (χ0) is 22.5. The van der Waals surface area contributed by atoms with Crippen molar-refractivity contribution in [3.63, 3.8) is 0 Å². The number of anilines is 1. The Bertz CT molecular complexity index is 1110. The molecular weight excluding hydrogens is 436 g/mol. The lowest BCUT2D eigenvalue weighted by atomic mass is 10.1. The van der Waals surface area contributed by atoms with E-state index in [9.17, 15) is 9.59 Å². The van der Waals surface area contributed by atoms with Gasteiger partial charge in [-0.15, -0.1) is 21.5 Å². The summed E-state index contributed by atoms with van der Waals surface area (Å²) >= 11 is 2.39. The monoisotopic (exact) mass is 460 g/mol. The molecule has 0 aliphatic heterocycles. The second-order valence-corrected chi connectivity index (χ2v) is 8.52. The van der Waals surface area contributed by atoms with Crippen LogP contribution in [0.2, 0.25) is 0 Å². The first kappa shape index (κ1) is 22.8. The third kappa shape index (κ3) is 4.75. The normalized spacial score (nSPS) is 10.8. The third-order valence-corrected chi connectivity index (χ3v) is 6.47. The van der Waals surface area contributed by atoms with Gasteiger partial charge in [0.15, 0.2) is 5.16 Å².